The molecule has 6 aromatic rings. The molecule has 0 spiro atoms. The second kappa shape index (κ2) is 10.8. The van der Waals surface area contributed by atoms with Crippen LogP contribution in [0.3, 0.4) is 0 Å². The quantitative estimate of drug-likeness (QED) is 0.307. The molecule has 0 saturated carbocycles. The van der Waals surface area contributed by atoms with Crippen molar-refractivity contribution in [2.45, 2.75) is 31.3 Å². The highest BCUT2D eigenvalue weighted by Crippen LogP contribution is 2.34. The Labute approximate surface area is 261 Å². The number of fused-ring (bicyclic) bond motifs is 6. The molecule has 232 valence electrons. The first-order valence-corrected chi connectivity index (χ1v) is 15.0. The van der Waals surface area contributed by atoms with Crippen LogP contribution in [0.4, 0.5) is 20.4 Å². The number of halogens is 2. The van der Waals surface area contributed by atoms with Crippen molar-refractivity contribution in [2.75, 3.05) is 30.4 Å². The highest BCUT2D eigenvalue weighted by Gasteiger charge is 2.40. The van der Waals surface area contributed by atoms with E-state index in [4.69, 9.17) is 10.1 Å². The van der Waals surface area contributed by atoms with Gasteiger partial charge in [-0.05, 0) is 37.5 Å². The SMILES string of the molecule is CN1CCCc2c3c(cccc3nn2C)-c2cncc(n2)N[C@H]2C[C@@H](C1=O)N(c1ncnc3c1cnn3-c1ccc(F)cc1F)C2. The number of nitrogens with one attached hydrogen (secondary N) is 1. The molecule has 1 fully saturated rings. The largest absolute Gasteiger partial charge is 0.364 e. The topological polar surface area (TPSA) is 123 Å². The predicted molar refractivity (Wildman–Crippen MR) is 167 cm³/mol. The Bertz CT molecular complexity index is 2140. The number of aryl methyl sites for hydroxylation is 2. The van der Waals surface area contributed by atoms with Gasteiger partial charge in [-0.15, -0.1) is 0 Å². The lowest BCUT2D eigenvalue weighted by Gasteiger charge is -2.29. The summed E-state index contributed by atoms with van der Waals surface area (Å²) < 4.78 is 31.6. The van der Waals surface area contributed by atoms with E-state index in [1.807, 2.05) is 41.9 Å². The highest BCUT2D eigenvalue weighted by molar-refractivity contribution is 5.96. The van der Waals surface area contributed by atoms with Crippen molar-refractivity contribution in [2.24, 2.45) is 7.05 Å². The summed E-state index contributed by atoms with van der Waals surface area (Å²) in [6, 6.07) is 8.59. The van der Waals surface area contributed by atoms with Gasteiger partial charge in [0.1, 0.15) is 35.5 Å². The molecule has 1 saturated heterocycles. The third-order valence-corrected chi connectivity index (χ3v) is 8.87. The summed E-state index contributed by atoms with van der Waals surface area (Å²) in [5.74, 6) is -0.404. The van der Waals surface area contributed by atoms with Crippen LogP contribution in [0.15, 0.2) is 61.3 Å². The van der Waals surface area contributed by atoms with Gasteiger partial charge in [0.15, 0.2) is 11.5 Å². The Balaban J connectivity index is 1.20. The van der Waals surface area contributed by atoms with Gasteiger partial charge < -0.3 is 15.1 Å². The monoisotopic (exact) mass is 621 g/mol. The van der Waals surface area contributed by atoms with Crippen LogP contribution >= 0.6 is 0 Å². The molecule has 2 aromatic carbocycles. The van der Waals surface area contributed by atoms with Crippen molar-refractivity contribution in [3.63, 3.8) is 0 Å². The van der Waals surface area contributed by atoms with Gasteiger partial charge in [-0.1, -0.05) is 12.1 Å². The first-order chi connectivity index (χ1) is 22.4. The summed E-state index contributed by atoms with van der Waals surface area (Å²) in [6.45, 7) is 0.977. The van der Waals surface area contributed by atoms with Gasteiger partial charge in [0.2, 0.25) is 5.91 Å². The zero-order valence-electron chi connectivity index (χ0n) is 25.1. The Kier molecular flexibility index (Phi) is 6.58. The average molecular weight is 622 g/mol. The first kappa shape index (κ1) is 28.0. The van der Waals surface area contributed by atoms with E-state index in [1.165, 1.54) is 23.1 Å². The molecule has 2 atom stereocenters. The molecule has 0 radical (unpaired) electrons. The molecule has 12 nitrogen and oxygen atoms in total. The molecule has 1 N–H and O–H groups in total. The Morgan fingerprint density at radius 2 is 1.93 bits per heavy atom. The van der Waals surface area contributed by atoms with Gasteiger partial charge in [-0.2, -0.15) is 10.2 Å². The molecule has 6 heterocycles. The summed E-state index contributed by atoms with van der Waals surface area (Å²) in [5, 5.41) is 14.2. The standard InChI is InChI=1S/C32H29F2N11O/c1-42-10-4-7-26-29-20(5-3-6-23(29)41-43(26)2)24-14-35-15-28(40-24)39-19-12-27(32(42)46)44(16-19)30-21-13-38-45(31(21)37-17-36-30)25-9-8-18(33)11-22(25)34/h3,5-6,8-9,11,13-15,17,19,27H,4,7,10,12,16H2,1-2H3,(H,39,40)/t19-,27-/m0/s1. The number of amides is 1. The Morgan fingerprint density at radius 1 is 1.04 bits per heavy atom. The summed E-state index contributed by atoms with van der Waals surface area (Å²) in [4.78, 5) is 36.2. The average Bonchev–Trinajstić information content (AvgIpc) is 3.75. The van der Waals surface area contributed by atoms with E-state index in [-0.39, 0.29) is 17.6 Å². The van der Waals surface area contributed by atoms with Crippen molar-refractivity contribution in [3.8, 4) is 16.9 Å². The third kappa shape index (κ3) is 4.59. The van der Waals surface area contributed by atoms with Crippen LogP contribution < -0.4 is 10.2 Å². The molecule has 2 aliphatic heterocycles. The number of likely N-dealkylation sites (N-methyl/N-ethyl adjacent to an activating group) is 1. The molecule has 2 aliphatic rings. The minimum absolute atomic E-state index is 0.0432. The minimum Gasteiger partial charge on any atom is -0.364 e. The second-order valence-corrected chi connectivity index (χ2v) is 11.8. The number of carbonyl (C=O) groups is 1. The maximum absolute atomic E-state index is 14.7. The number of rotatable bonds is 2. The second-order valence-electron chi connectivity index (χ2n) is 11.8. The van der Waals surface area contributed by atoms with Crippen LogP contribution in [0, 0.1) is 11.6 Å². The van der Waals surface area contributed by atoms with Crippen LogP contribution in [0.1, 0.15) is 18.5 Å². The number of hydrogen-bond acceptors (Lipinski definition) is 9. The van der Waals surface area contributed by atoms with E-state index < -0.39 is 17.7 Å². The number of aromatic nitrogens is 8. The Hall–Kier alpha value is -5.53. The zero-order chi connectivity index (χ0) is 31.5. The minimum atomic E-state index is -0.767. The number of benzene rings is 2. The van der Waals surface area contributed by atoms with E-state index in [9.17, 15) is 13.6 Å². The lowest BCUT2D eigenvalue weighted by Crippen LogP contribution is -2.45. The van der Waals surface area contributed by atoms with Crippen molar-refractivity contribution < 1.29 is 13.6 Å². The van der Waals surface area contributed by atoms with Crippen molar-refractivity contribution >= 4 is 39.5 Å². The normalized spacial score (nSPS) is 18.6. The summed E-state index contributed by atoms with van der Waals surface area (Å²) in [7, 11) is 3.77. The number of hydrogen-bond donors (Lipinski definition) is 1. The number of nitrogens with zero attached hydrogens (tertiary/aromatic N) is 10. The van der Waals surface area contributed by atoms with Crippen LogP contribution in [0.2, 0.25) is 0 Å². The van der Waals surface area contributed by atoms with Crippen molar-refractivity contribution in [3.05, 3.63) is 78.6 Å². The molecule has 4 bridgehead atoms. The molecule has 0 unspecified atom stereocenters. The van der Waals surface area contributed by atoms with E-state index >= 15 is 0 Å². The third-order valence-electron chi connectivity index (χ3n) is 8.87. The maximum atomic E-state index is 14.7. The first-order valence-electron chi connectivity index (χ1n) is 15.0. The zero-order valence-corrected chi connectivity index (χ0v) is 25.1. The van der Waals surface area contributed by atoms with E-state index in [1.54, 1.807) is 23.5 Å². The fourth-order valence-corrected chi connectivity index (χ4v) is 6.73. The molecule has 14 heteroatoms. The lowest BCUT2D eigenvalue weighted by molar-refractivity contribution is -0.131. The molecule has 46 heavy (non-hydrogen) atoms. The molecule has 0 aliphatic carbocycles. The Morgan fingerprint density at radius 3 is 2.80 bits per heavy atom. The van der Waals surface area contributed by atoms with E-state index in [0.717, 1.165) is 46.8 Å². The highest BCUT2D eigenvalue weighted by atomic mass is 19.1. The fraction of sp³-hybridized carbons (Fsp3) is 0.281. The molecule has 8 rings (SSSR count). The van der Waals surface area contributed by atoms with Crippen LogP contribution in [0.25, 0.3) is 38.9 Å². The molecule has 4 aromatic heterocycles. The number of carbonyl (C=O) groups excluding carboxylic acids is 1. The molecular formula is C32H29F2N11O. The van der Waals surface area contributed by atoms with Gasteiger partial charge in [-0.25, -0.2) is 28.4 Å². The van der Waals surface area contributed by atoms with Gasteiger partial charge in [-0.3, -0.25) is 14.5 Å². The fourth-order valence-electron chi connectivity index (χ4n) is 6.73. The van der Waals surface area contributed by atoms with E-state index in [0.29, 0.717) is 42.2 Å². The summed E-state index contributed by atoms with van der Waals surface area (Å²) in [6.07, 6.45) is 8.30. The van der Waals surface area contributed by atoms with Crippen molar-refractivity contribution in [1.29, 1.82) is 0 Å². The van der Waals surface area contributed by atoms with Crippen LogP contribution in [-0.2, 0) is 18.3 Å². The molecular weight excluding hydrogens is 592 g/mol. The van der Waals surface area contributed by atoms with E-state index in [2.05, 4.69) is 25.4 Å². The summed E-state index contributed by atoms with van der Waals surface area (Å²) in [5.41, 5.74) is 4.05. The van der Waals surface area contributed by atoms with Crippen molar-refractivity contribution in [1.82, 2.24) is 44.4 Å². The van der Waals surface area contributed by atoms with Gasteiger partial charge in [0.05, 0.1) is 35.2 Å². The smallest absolute Gasteiger partial charge is 0.245 e. The van der Waals surface area contributed by atoms with Gasteiger partial charge in [0.25, 0.3) is 0 Å². The van der Waals surface area contributed by atoms with Crippen LogP contribution in [-0.4, -0.2) is 82.5 Å². The van der Waals surface area contributed by atoms with Gasteiger partial charge >= 0.3 is 0 Å². The number of anilines is 2. The molecule has 1 amide bonds. The maximum Gasteiger partial charge on any atom is 0.245 e. The predicted octanol–water partition coefficient (Wildman–Crippen LogP) is 3.90. The van der Waals surface area contributed by atoms with Gasteiger partial charge in [0, 0.05) is 55.9 Å². The lowest BCUT2D eigenvalue weighted by atomic mass is 10.0. The van der Waals surface area contributed by atoms with Crippen LogP contribution in [0.5, 0.6) is 0 Å². The summed E-state index contributed by atoms with van der Waals surface area (Å²) >= 11 is 0.